The maximum Gasteiger partial charge on any atom is 0.313 e. The van der Waals surface area contributed by atoms with Gasteiger partial charge in [-0.3, -0.25) is 19.2 Å². The number of allylic oxidation sites excluding steroid dienone is 1. The number of hydrogen-bond acceptors (Lipinski definition) is 7. The second kappa shape index (κ2) is 12.2. The molecule has 1 spiro atoms. The summed E-state index contributed by atoms with van der Waals surface area (Å²) in [5, 5.41) is 10.3. The van der Waals surface area contributed by atoms with Crippen LogP contribution in [0.1, 0.15) is 58.6 Å². The smallest absolute Gasteiger partial charge is 0.313 e. The highest BCUT2D eigenvalue weighted by Crippen LogP contribution is 2.56. The summed E-state index contributed by atoms with van der Waals surface area (Å²) in [6.07, 6.45) is 6.90. The highest BCUT2D eigenvalue weighted by atomic mass is 16.6. The van der Waals surface area contributed by atoms with Crippen LogP contribution in [0, 0.1) is 11.8 Å². The van der Waals surface area contributed by atoms with Crippen LogP contribution in [0.2, 0.25) is 0 Å². The standard InChI is InChI=1S/C33H43N3O7/c1-6-23(19-37)36-29-31(40)35(20(2)3)18-12-8-11-15-25(38)34(5)21(4)28(22-13-9-7-10-14-22)42-32(41)26-24-16-17-33(29,43-24)27(26)30(36)39/h7-10,12-14,16-17,20-21,23-24,26-29,37H,6,11,15,18-19H2,1-5H3/b12-8-/t21-,23+,24+,26-,27-,28+,29+,33-/m1/s1. The van der Waals surface area contributed by atoms with E-state index in [0.29, 0.717) is 12.8 Å². The molecule has 232 valence electrons. The van der Waals surface area contributed by atoms with Crippen molar-refractivity contribution in [1.29, 1.82) is 0 Å². The van der Waals surface area contributed by atoms with E-state index in [4.69, 9.17) is 9.47 Å². The summed E-state index contributed by atoms with van der Waals surface area (Å²) >= 11 is 0. The predicted octanol–water partition coefficient (Wildman–Crippen LogP) is 2.63. The molecule has 8 atom stereocenters. The van der Waals surface area contributed by atoms with Crippen molar-refractivity contribution in [1.82, 2.24) is 14.7 Å². The molecule has 10 heteroatoms. The van der Waals surface area contributed by atoms with E-state index in [2.05, 4.69) is 0 Å². The lowest BCUT2D eigenvalue weighted by molar-refractivity contribution is -0.164. The molecule has 4 aliphatic heterocycles. The number of carbonyl (C=O) groups excluding carboxylic acids is 4. The summed E-state index contributed by atoms with van der Waals surface area (Å²) in [6, 6.07) is 6.87. The topological polar surface area (TPSA) is 117 Å². The zero-order valence-electron chi connectivity index (χ0n) is 25.6. The Bertz CT molecular complexity index is 1290. The summed E-state index contributed by atoms with van der Waals surface area (Å²) in [5.41, 5.74) is -0.641. The van der Waals surface area contributed by atoms with Crippen LogP contribution in [0.4, 0.5) is 0 Å². The molecule has 2 saturated heterocycles. The van der Waals surface area contributed by atoms with E-state index in [1.807, 2.05) is 70.2 Å². The summed E-state index contributed by atoms with van der Waals surface area (Å²) < 4.78 is 12.7. The van der Waals surface area contributed by atoms with Gasteiger partial charge in [-0.15, -0.1) is 0 Å². The van der Waals surface area contributed by atoms with Crippen molar-refractivity contribution in [3.8, 4) is 0 Å². The number of rotatable bonds is 5. The molecule has 1 aromatic carbocycles. The van der Waals surface area contributed by atoms with Crippen LogP contribution in [0.3, 0.4) is 0 Å². The van der Waals surface area contributed by atoms with Crippen LogP contribution in [0.25, 0.3) is 0 Å². The van der Waals surface area contributed by atoms with Gasteiger partial charge in [0.15, 0.2) is 0 Å². The molecule has 5 rings (SSSR count). The Balaban J connectivity index is 1.62. The van der Waals surface area contributed by atoms with Crippen LogP contribution in [-0.4, -0.2) is 99.6 Å². The van der Waals surface area contributed by atoms with Crippen LogP contribution in [0.15, 0.2) is 54.6 Å². The molecule has 4 aliphatic rings. The number of nitrogens with zero attached hydrogens (tertiary/aromatic N) is 3. The molecule has 3 amide bonds. The van der Waals surface area contributed by atoms with Crippen molar-refractivity contribution in [2.24, 2.45) is 11.8 Å². The van der Waals surface area contributed by atoms with Gasteiger partial charge in [0.2, 0.25) is 17.7 Å². The molecule has 10 nitrogen and oxygen atoms in total. The van der Waals surface area contributed by atoms with E-state index in [9.17, 15) is 24.3 Å². The number of ether oxygens (including phenoxy) is 2. The van der Waals surface area contributed by atoms with Crippen molar-refractivity contribution in [3.05, 3.63) is 60.2 Å². The van der Waals surface area contributed by atoms with Crippen LogP contribution in [0.5, 0.6) is 0 Å². The second-order valence-corrected chi connectivity index (χ2v) is 12.3. The monoisotopic (exact) mass is 593 g/mol. The van der Waals surface area contributed by atoms with Crippen molar-refractivity contribution >= 4 is 23.7 Å². The fourth-order valence-corrected chi connectivity index (χ4v) is 7.09. The van der Waals surface area contributed by atoms with Crippen molar-refractivity contribution in [3.63, 3.8) is 0 Å². The average Bonchev–Trinajstić information content (AvgIpc) is 3.64. The molecule has 0 radical (unpaired) electrons. The lowest BCUT2D eigenvalue weighted by Gasteiger charge is -2.39. The van der Waals surface area contributed by atoms with Gasteiger partial charge >= 0.3 is 5.97 Å². The number of fused-ring (bicyclic) bond motifs is 2. The first-order valence-electron chi connectivity index (χ1n) is 15.3. The number of aliphatic hydroxyl groups is 1. The van der Waals surface area contributed by atoms with E-state index in [-0.39, 0.29) is 37.4 Å². The fraction of sp³-hybridized carbons (Fsp3) is 0.576. The first kappa shape index (κ1) is 30.9. The summed E-state index contributed by atoms with van der Waals surface area (Å²) in [6.45, 7) is 7.46. The zero-order chi connectivity index (χ0) is 31.1. The van der Waals surface area contributed by atoms with Crippen molar-refractivity contribution in [2.75, 3.05) is 20.2 Å². The molecule has 0 unspecified atom stereocenters. The highest BCUT2D eigenvalue weighted by Gasteiger charge is 2.74. The number of cyclic esters (lactones) is 1. The SMILES string of the molecule is CC[C@@H](CO)N1C(=O)[C@H]2[C@@H]3C(=O)O[C@H](c4ccccc4)[C@@H](C)N(C)C(=O)CC/C=C\CN(C(C)C)C(=O)[C@H]1[C@@]21C=C[C@@H]3O1. The first-order chi connectivity index (χ1) is 20.6. The van der Waals surface area contributed by atoms with Gasteiger partial charge in [0.1, 0.15) is 23.7 Å². The fourth-order valence-electron chi connectivity index (χ4n) is 7.09. The van der Waals surface area contributed by atoms with E-state index in [1.54, 1.807) is 29.0 Å². The van der Waals surface area contributed by atoms with Gasteiger partial charge in [0, 0.05) is 26.1 Å². The van der Waals surface area contributed by atoms with Crippen molar-refractivity contribution in [2.45, 2.75) is 88.9 Å². The molecule has 4 heterocycles. The summed E-state index contributed by atoms with van der Waals surface area (Å²) in [7, 11) is 1.70. The first-order valence-corrected chi connectivity index (χ1v) is 15.3. The molecular formula is C33H43N3O7. The number of likely N-dealkylation sites (tertiary alicyclic amines) is 1. The third-order valence-electron chi connectivity index (χ3n) is 9.61. The average molecular weight is 594 g/mol. The van der Waals surface area contributed by atoms with Crippen LogP contribution < -0.4 is 0 Å². The lowest BCUT2D eigenvalue weighted by Crippen LogP contribution is -2.59. The highest BCUT2D eigenvalue weighted by molar-refractivity contribution is 5.99. The van der Waals surface area contributed by atoms with E-state index in [1.165, 1.54) is 4.90 Å². The molecule has 0 aromatic heterocycles. The number of amides is 3. The molecule has 43 heavy (non-hydrogen) atoms. The van der Waals surface area contributed by atoms with Crippen LogP contribution >= 0.6 is 0 Å². The molecule has 0 aliphatic carbocycles. The number of aliphatic hydroxyl groups excluding tert-OH is 1. The number of hydrogen-bond donors (Lipinski definition) is 1. The third-order valence-corrected chi connectivity index (χ3v) is 9.61. The number of esters is 1. The normalized spacial score (nSPS) is 34.6. The van der Waals surface area contributed by atoms with E-state index >= 15 is 0 Å². The Morgan fingerprint density at radius 1 is 1.07 bits per heavy atom. The molecule has 0 saturated carbocycles. The van der Waals surface area contributed by atoms with Gasteiger partial charge in [-0.05, 0) is 39.2 Å². The van der Waals surface area contributed by atoms with Gasteiger partial charge in [0.25, 0.3) is 0 Å². The molecule has 1 N–H and O–H groups in total. The minimum Gasteiger partial charge on any atom is -0.455 e. The van der Waals surface area contributed by atoms with E-state index < -0.39 is 59.6 Å². The predicted molar refractivity (Wildman–Crippen MR) is 158 cm³/mol. The van der Waals surface area contributed by atoms with Gasteiger partial charge in [-0.1, -0.05) is 61.6 Å². The minimum absolute atomic E-state index is 0.0973. The maximum atomic E-state index is 14.4. The number of carbonyl (C=O) groups is 4. The van der Waals surface area contributed by atoms with Crippen LogP contribution in [-0.2, 0) is 28.7 Å². The molecule has 2 fully saturated rings. The molecular weight excluding hydrogens is 550 g/mol. The quantitative estimate of drug-likeness (QED) is 0.412. The molecule has 5 bridgehead atoms. The Labute approximate surface area is 253 Å². The summed E-state index contributed by atoms with van der Waals surface area (Å²) in [4.78, 5) is 60.8. The summed E-state index contributed by atoms with van der Waals surface area (Å²) in [5.74, 6) is -3.40. The lowest BCUT2D eigenvalue weighted by atomic mass is 9.74. The Hall–Kier alpha value is -3.50. The number of benzene rings is 1. The second-order valence-electron chi connectivity index (χ2n) is 12.3. The Kier molecular flexibility index (Phi) is 8.81. The van der Waals surface area contributed by atoms with Gasteiger partial charge in [-0.25, -0.2) is 0 Å². The maximum absolute atomic E-state index is 14.4. The van der Waals surface area contributed by atoms with Gasteiger partial charge in [0.05, 0.1) is 30.7 Å². The number of likely N-dealkylation sites (N-methyl/N-ethyl adjacent to an activating group) is 1. The van der Waals surface area contributed by atoms with Crippen molar-refractivity contribution < 1.29 is 33.8 Å². The molecule has 1 aromatic rings. The van der Waals surface area contributed by atoms with E-state index in [0.717, 1.165) is 5.56 Å². The minimum atomic E-state index is -1.36. The third kappa shape index (κ3) is 5.18. The Morgan fingerprint density at radius 2 is 1.79 bits per heavy atom. The Morgan fingerprint density at radius 3 is 2.44 bits per heavy atom. The largest absolute Gasteiger partial charge is 0.455 e. The van der Waals surface area contributed by atoms with Gasteiger partial charge in [-0.2, -0.15) is 0 Å². The van der Waals surface area contributed by atoms with Gasteiger partial charge < -0.3 is 29.3 Å². The zero-order valence-corrected chi connectivity index (χ0v) is 25.6.